The van der Waals surface area contributed by atoms with Crippen LogP contribution in [-0.4, -0.2) is 35.2 Å². The molecule has 0 aromatic rings. The Morgan fingerprint density at radius 1 is 1.35 bits per heavy atom. The number of hydrogen-bond donors (Lipinski definition) is 1. The summed E-state index contributed by atoms with van der Waals surface area (Å²) in [6.45, 7) is 1.99. The predicted molar refractivity (Wildman–Crippen MR) is 65.5 cm³/mol. The molecule has 1 N–H and O–H groups in total. The number of carboxylic acids is 1. The first-order valence-electron chi connectivity index (χ1n) is 6.83. The fourth-order valence-corrected chi connectivity index (χ4v) is 3.40. The maximum Gasteiger partial charge on any atom is 0.320 e. The number of carboxylic acid groups (broad SMARTS) is 1. The first kappa shape index (κ1) is 13.3. The van der Waals surface area contributed by atoms with Crippen molar-refractivity contribution >= 4 is 17.9 Å². The van der Waals surface area contributed by atoms with Crippen molar-refractivity contribution in [3.05, 3.63) is 11.6 Å². The van der Waals surface area contributed by atoms with E-state index in [1.54, 1.807) is 0 Å². The summed E-state index contributed by atoms with van der Waals surface area (Å²) in [5.74, 6) is -2.62. The van der Waals surface area contributed by atoms with E-state index < -0.39 is 29.7 Å². The highest BCUT2D eigenvalue weighted by Crippen LogP contribution is 2.49. The Hall–Kier alpha value is -1.69. The Morgan fingerprint density at radius 2 is 2.05 bits per heavy atom. The number of carbonyl (C=O) groups excluding carboxylic acids is 2. The van der Waals surface area contributed by atoms with Crippen molar-refractivity contribution in [2.24, 2.45) is 17.8 Å². The highest BCUT2D eigenvalue weighted by atomic mass is 16.6. The Balaban J connectivity index is 1.68. The molecule has 0 aliphatic carbocycles. The van der Waals surface area contributed by atoms with E-state index in [9.17, 15) is 14.4 Å². The molecule has 0 aromatic carbocycles. The third-order valence-electron chi connectivity index (χ3n) is 4.40. The Labute approximate surface area is 115 Å². The van der Waals surface area contributed by atoms with Gasteiger partial charge in [-0.15, -0.1) is 0 Å². The van der Waals surface area contributed by atoms with Gasteiger partial charge in [-0.05, 0) is 24.3 Å². The molecule has 0 unspecified atom stereocenters. The fraction of sp³-hybridized carbons (Fsp3) is 0.643. The third-order valence-corrected chi connectivity index (χ3v) is 4.40. The van der Waals surface area contributed by atoms with Gasteiger partial charge in [0.15, 0.2) is 0 Å². The van der Waals surface area contributed by atoms with Crippen LogP contribution in [0.1, 0.15) is 26.2 Å². The summed E-state index contributed by atoms with van der Waals surface area (Å²) in [5.41, 5.74) is 1.01. The van der Waals surface area contributed by atoms with Crippen molar-refractivity contribution in [1.29, 1.82) is 0 Å². The summed E-state index contributed by atoms with van der Waals surface area (Å²) in [6.07, 6.45) is 2.63. The summed E-state index contributed by atoms with van der Waals surface area (Å²) in [5, 5.41) is 8.65. The van der Waals surface area contributed by atoms with Gasteiger partial charge in [-0.25, -0.2) is 0 Å². The van der Waals surface area contributed by atoms with Crippen LogP contribution < -0.4 is 0 Å². The molecular weight excluding hydrogens is 264 g/mol. The lowest BCUT2D eigenvalue weighted by Crippen LogP contribution is -2.31. The molecule has 3 aliphatic heterocycles. The molecular formula is C14H16O6. The lowest BCUT2D eigenvalue weighted by Gasteiger charge is -2.22. The molecule has 2 saturated heterocycles. The van der Waals surface area contributed by atoms with Crippen LogP contribution in [0.15, 0.2) is 11.6 Å². The molecule has 5 atom stereocenters. The number of hydrogen-bond acceptors (Lipinski definition) is 5. The molecule has 6 nitrogen and oxygen atoms in total. The number of ether oxygens (including phenoxy) is 2. The van der Waals surface area contributed by atoms with Gasteiger partial charge in [0.05, 0.1) is 12.2 Å². The zero-order valence-electron chi connectivity index (χ0n) is 11.1. The molecule has 0 amide bonds. The molecule has 20 heavy (non-hydrogen) atoms. The van der Waals surface area contributed by atoms with E-state index >= 15 is 0 Å². The van der Waals surface area contributed by atoms with Crippen LogP contribution in [0.5, 0.6) is 0 Å². The number of carbonyl (C=O) groups is 3. The highest BCUT2D eigenvalue weighted by Gasteiger charge is 2.62. The minimum atomic E-state index is -0.805. The minimum Gasteiger partial charge on any atom is -0.481 e. The Morgan fingerprint density at radius 3 is 2.75 bits per heavy atom. The Kier molecular flexibility index (Phi) is 3.12. The zero-order valence-corrected chi connectivity index (χ0v) is 11.1. The van der Waals surface area contributed by atoms with Crippen LogP contribution >= 0.6 is 0 Å². The van der Waals surface area contributed by atoms with E-state index in [0.29, 0.717) is 6.42 Å². The third kappa shape index (κ3) is 1.95. The molecule has 6 heteroatoms. The minimum absolute atomic E-state index is 0.138. The molecule has 0 spiro atoms. The van der Waals surface area contributed by atoms with Gasteiger partial charge >= 0.3 is 17.9 Å². The van der Waals surface area contributed by atoms with Gasteiger partial charge in [-0.1, -0.05) is 13.0 Å². The second-order valence-electron chi connectivity index (χ2n) is 5.67. The summed E-state index contributed by atoms with van der Waals surface area (Å²) >= 11 is 0. The van der Waals surface area contributed by atoms with Gasteiger partial charge in [-0.3, -0.25) is 14.4 Å². The molecule has 108 valence electrons. The van der Waals surface area contributed by atoms with Crippen LogP contribution in [0.4, 0.5) is 0 Å². The average Bonchev–Trinajstić information content (AvgIpc) is 3.01. The molecule has 0 aromatic heterocycles. The fourth-order valence-electron chi connectivity index (χ4n) is 3.40. The van der Waals surface area contributed by atoms with Crippen molar-refractivity contribution < 1.29 is 29.0 Å². The quantitative estimate of drug-likeness (QED) is 0.457. The lowest BCUT2D eigenvalue weighted by molar-refractivity contribution is -0.156. The number of fused-ring (bicyclic) bond motifs is 5. The molecule has 0 radical (unpaired) electrons. The molecule has 0 saturated carbocycles. The molecule has 2 fully saturated rings. The summed E-state index contributed by atoms with van der Waals surface area (Å²) < 4.78 is 10.4. The maximum absolute atomic E-state index is 11.7. The van der Waals surface area contributed by atoms with Crippen LogP contribution in [0.3, 0.4) is 0 Å². The van der Waals surface area contributed by atoms with Gasteiger partial charge in [0.1, 0.15) is 11.8 Å². The maximum atomic E-state index is 11.7. The van der Waals surface area contributed by atoms with E-state index in [2.05, 4.69) is 4.74 Å². The van der Waals surface area contributed by atoms with Gasteiger partial charge in [-0.2, -0.15) is 0 Å². The smallest absolute Gasteiger partial charge is 0.320 e. The van der Waals surface area contributed by atoms with Gasteiger partial charge in [0, 0.05) is 6.42 Å². The number of esters is 2. The van der Waals surface area contributed by atoms with E-state index in [-0.39, 0.29) is 24.5 Å². The van der Waals surface area contributed by atoms with Crippen LogP contribution in [-0.2, 0) is 23.9 Å². The highest BCUT2D eigenvalue weighted by molar-refractivity contribution is 5.98. The van der Waals surface area contributed by atoms with Gasteiger partial charge < -0.3 is 14.6 Å². The first-order valence-corrected chi connectivity index (χ1v) is 6.83. The predicted octanol–water partition coefficient (Wildman–Crippen LogP) is 0.901. The van der Waals surface area contributed by atoms with E-state index in [1.165, 1.54) is 0 Å². The summed E-state index contributed by atoms with van der Waals surface area (Å²) in [7, 11) is 0. The summed E-state index contributed by atoms with van der Waals surface area (Å²) in [4.78, 5) is 33.8. The normalized spacial score (nSPS) is 35.8. The van der Waals surface area contributed by atoms with E-state index in [1.807, 2.05) is 13.0 Å². The van der Waals surface area contributed by atoms with Crippen LogP contribution in [0.2, 0.25) is 0 Å². The molecule has 3 rings (SSSR count). The van der Waals surface area contributed by atoms with Crippen molar-refractivity contribution in [3.8, 4) is 0 Å². The summed E-state index contributed by atoms with van der Waals surface area (Å²) in [6, 6.07) is 0. The largest absolute Gasteiger partial charge is 0.481 e. The van der Waals surface area contributed by atoms with Crippen molar-refractivity contribution in [3.63, 3.8) is 0 Å². The Bertz CT molecular complexity index is 508. The van der Waals surface area contributed by atoms with Gasteiger partial charge in [0.25, 0.3) is 0 Å². The van der Waals surface area contributed by atoms with E-state index in [4.69, 9.17) is 9.84 Å². The standard InChI is InChI=1S/C14H16O6/c1-6(3-2-4-9(15)16)7-5-8-10-11(12(7)19-8)14(18)20-13(10)17/h5-6,8,10-12H,2-4H2,1H3,(H,15,16)/t6-,8-,10-,11-,12+/m0/s1. The van der Waals surface area contributed by atoms with Crippen molar-refractivity contribution in [2.45, 2.75) is 38.4 Å². The number of cyclic esters (lactones) is 2. The molecule has 3 heterocycles. The first-order chi connectivity index (χ1) is 9.49. The molecule has 3 aliphatic rings. The second-order valence-corrected chi connectivity index (χ2v) is 5.67. The number of aliphatic carboxylic acids is 1. The van der Waals surface area contributed by atoms with E-state index in [0.717, 1.165) is 12.0 Å². The topological polar surface area (TPSA) is 89.9 Å². The second kappa shape index (κ2) is 4.70. The van der Waals surface area contributed by atoms with Crippen LogP contribution in [0.25, 0.3) is 0 Å². The lowest BCUT2D eigenvalue weighted by atomic mass is 9.77. The van der Waals surface area contributed by atoms with Crippen molar-refractivity contribution in [2.75, 3.05) is 0 Å². The monoisotopic (exact) mass is 280 g/mol. The van der Waals surface area contributed by atoms with Crippen molar-refractivity contribution in [1.82, 2.24) is 0 Å². The zero-order chi connectivity index (χ0) is 14.4. The van der Waals surface area contributed by atoms with Gasteiger partial charge in [0.2, 0.25) is 0 Å². The SMILES string of the molecule is C[C@@H](CCCC(=O)O)C1=C[C@@H]2O[C@H]1[C@H]1C(=O)OC(=O)[C@H]12. The average molecular weight is 280 g/mol. The number of rotatable bonds is 5. The van der Waals surface area contributed by atoms with Crippen LogP contribution in [0, 0.1) is 17.8 Å². The molecule has 2 bridgehead atoms.